The lowest BCUT2D eigenvalue weighted by Crippen LogP contribution is -2.25. The van der Waals surface area contributed by atoms with Gasteiger partial charge in [-0.2, -0.15) is 0 Å². The third-order valence-corrected chi connectivity index (χ3v) is 19.7. The molecule has 0 atom stereocenters. The minimum Gasteiger partial charge on any atom is -0.310 e. The van der Waals surface area contributed by atoms with Gasteiger partial charge in [0.1, 0.15) is 0 Å². The molecule has 0 radical (unpaired) electrons. The molecular formula is C85H60N2. The number of benzene rings is 12. The summed E-state index contributed by atoms with van der Waals surface area (Å²) in [5.41, 5.74) is 33.1. The zero-order chi connectivity index (χ0) is 58.2. The van der Waals surface area contributed by atoms with Gasteiger partial charge in [0.2, 0.25) is 0 Å². The molecule has 2 nitrogen and oxygen atoms in total. The Bertz CT molecular complexity index is 4650. The minimum absolute atomic E-state index is 0.307. The van der Waals surface area contributed by atoms with E-state index < -0.39 is 5.41 Å². The molecule has 13 aromatic carbocycles. The summed E-state index contributed by atoms with van der Waals surface area (Å²) in [5, 5.41) is 0. The minimum atomic E-state index is -0.456. The van der Waals surface area contributed by atoms with Crippen molar-refractivity contribution in [3.05, 3.63) is 348 Å². The van der Waals surface area contributed by atoms with Gasteiger partial charge in [0.05, 0.1) is 16.8 Å². The fourth-order valence-electron chi connectivity index (χ4n) is 15.9. The Kier molecular flexibility index (Phi) is 11.2. The molecule has 4 aliphatic rings. The molecule has 410 valence electrons. The Hall–Kier alpha value is -10.7. The highest BCUT2D eigenvalue weighted by molar-refractivity contribution is 5.99. The first-order valence-electron chi connectivity index (χ1n) is 30.5. The number of rotatable bonds is 9. The number of fused-ring (bicyclic) bond motifs is 16. The van der Waals surface area contributed by atoms with Gasteiger partial charge in [0, 0.05) is 39.1 Å². The van der Waals surface area contributed by atoms with Gasteiger partial charge >= 0.3 is 0 Å². The van der Waals surface area contributed by atoms with Crippen LogP contribution in [0.4, 0.5) is 34.1 Å². The molecule has 87 heavy (non-hydrogen) atoms. The molecule has 2 heteroatoms. The maximum Gasteiger partial charge on any atom is 0.0725 e. The Morgan fingerprint density at radius 2 is 0.667 bits per heavy atom. The van der Waals surface area contributed by atoms with E-state index in [1.165, 1.54) is 100 Å². The van der Waals surface area contributed by atoms with Gasteiger partial charge in [-0.05, 0) is 190 Å². The SMILES string of the molecule is CC1(C)c2ccccc2-c2cccc(N(c3ccc(-c4c#cccc4)cc3)c3cc(-c4ccc5c(c4)-c4ccccc4C54c5ccccc5-c5ccccc54)cc(N(c4ccc(-c5ccccc5)cc4)c4cccc5c4C(C)(C)c4ccccc4-5)c3)c21. The van der Waals surface area contributed by atoms with Crippen LogP contribution < -0.4 is 9.80 Å². The van der Waals surface area contributed by atoms with E-state index in [4.69, 9.17) is 0 Å². The number of nitrogens with zero attached hydrogens (tertiary/aromatic N) is 2. The first kappa shape index (κ1) is 50.8. The van der Waals surface area contributed by atoms with Crippen LogP contribution in [0.5, 0.6) is 0 Å². The molecule has 0 N–H and O–H groups in total. The summed E-state index contributed by atoms with van der Waals surface area (Å²) >= 11 is 0. The van der Waals surface area contributed by atoms with E-state index in [2.05, 4.69) is 329 Å². The topological polar surface area (TPSA) is 6.48 Å². The monoisotopic (exact) mass is 1110 g/mol. The molecule has 0 saturated carbocycles. The molecule has 0 aliphatic heterocycles. The average Bonchev–Trinajstić information content (AvgIpc) is 1.55. The van der Waals surface area contributed by atoms with Crippen LogP contribution in [0.3, 0.4) is 0 Å². The van der Waals surface area contributed by atoms with Crippen LogP contribution in [0.25, 0.3) is 77.9 Å². The third kappa shape index (κ3) is 7.43. The summed E-state index contributed by atoms with van der Waals surface area (Å²) in [5.74, 6) is 0. The molecule has 0 aromatic heterocycles. The van der Waals surface area contributed by atoms with Crippen LogP contribution >= 0.6 is 0 Å². The van der Waals surface area contributed by atoms with Crippen molar-refractivity contribution >= 4 is 34.1 Å². The van der Waals surface area contributed by atoms with Crippen molar-refractivity contribution in [3.8, 4) is 77.9 Å². The molecule has 0 bridgehead atoms. The summed E-state index contributed by atoms with van der Waals surface area (Å²) in [7, 11) is 0. The second-order valence-electron chi connectivity index (χ2n) is 25.0. The van der Waals surface area contributed by atoms with E-state index in [-0.39, 0.29) is 10.8 Å². The van der Waals surface area contributed by atoms with Crippen LogP contribution in [-0.2, 0) is 16.2 Å². The van der Waals surface area contributed by atoms with E-state index in [1.807, 2.05) is 12.1 Å². The number of hydrogen-bond acceptors (Lipinski definition) is 2. The smallest absolute Gasteiger partial charge is 0.0725 e. The molecule has 0 heterocycles. The molecule has 13 aromatic rings. The summed E-state index contributed by atoms with van der Waals surface area (Å²) in [4.78, 5) is 5.09. The fraction of sp³-hybridized carbons (Fsp3) is 0.0824. The molecule has 0 saturated heterocycles. The van der Waals surface area contributed by atoms with Crippen LogP contribution in [0, 0.1) is 12.1 Å². The van der Waals surface area contributed by atoms with E-state index >= 15 is 0 Å². The van der Waals surface area contributed by atoms with Gasteiger partial charge in [-0.1, -0.05) is 258 Å². The van der Waals surface area contributed by atoms with Crippen molar-refractivity contribution in [2.45, 2.75) is 43.9 Å². The van der Waals surface area contributed by atoms with Crippen LogP contribution in [0.1, 0.15) is 72.2 Å². The second-order valence-corrected chi connectivity index (χ2v) is 25.0. The van der Waals surface area contributed by atoms with Crippen molar-refractivity contribution in [1.29, 1.82) is 0 Å². The first-order chi connectivity index (χ1) is 42.7. The van der Waals surface area contributed by atoms with E-state index in [1.54, 1.807) is 0 Å². The van der Waals surface area contributed by atoms with Crippen LogP contribution in [-0.4, -0.2) is 0 Å². The number of anilines is 6. The number of hydrogen-bond donors (Lipinski definition) is 0. The molecule has 1 spiro atoms. The van der Waals surface area contributed by atoms with E-state index in [0.29, 0.717) is 0 Å². The van der Waals surface area contributed by atoms with E-state index in [0.717, 1.165) is 56.4 Å². The molecule has 0 amide bonds. The van der Waals surface area contributed by atoms with E-state index in [9.17, 15) is 0 Å². The first-order valence-corrected chi connectivity index (χ1v) is 30.5. The fourth-order valence-corrected chi connectivity index (χ4v) is 15.9. The zero-order valence-corrected chi connectivity index (χ0v) is 49.1. The highest BCUT2D eigenvalue weighted by Gasteiger charge is 2.51. The molecular weight excluding hydrogens is 1050 g/mol. The highest BCUT2D eigenvalue weighted by Crippen LogP contribution is 2.64. The van der Waals surface area contributed by atoms with Gasteiger partial charge in [-0.25, -0.2) is 0 Å². The zero-order valence-electron chi connectivity index (χ0n) is 49.1. The largest absolute Gasteiger partial charge is 0.310 e. The Labute approximate surface area is 510 Å². The molecule has 4 aliphatic carbocycles. The molecule has 0 fully saturated rings. The predicted molar refractivity (Wildman–Crippen MR) is 361 cm³/mol. The lowest BCUT2D eigenvalue weighted by atomic mass is 9.70. The standard InChI is InChI=1S/C85H60N2/c1-83(2)73-34-16-11-29-67(73)70-32-21-39-79(81(70)83)86(61-46-41-57(42-47-61)55-23-7-5-8-24-55)63-51-60(59-45-50-78-72(53-59)69-31-15-20-38-77(69)85(78)75-36-18-13-27-65(75)66-28-14-19-37-76(66)85)52-64(54-63)87(62-48-43-58(44-49-62)56-25-9-6-10-26-56)80-40-22-33-71-68-30-12-17-35-74(68)84(3,4)82(71)80/h5-9,11-25,27-54H,1-4H3. The van der Waals surface area contributed by atoms with Gasteiger partial charge in [0.15, 0.2) is 0 Å². The van der Waals surface area contributed by atoms with Crippen LogP contribution in [0.2, 0.25) is 0 Å². The highest BCUT2D eigenvalue weighted by atomic mass is 15.2. The predicted octanol–water partition coefficient (Wildman–Crippen LogP) is 22.2. The maximum absolute atomic E-state index is 3.38. The van der Waals surface area contributed by atoms with Crippen molar-refractivity contribution in [2.75, 3.05) is 9.80 Å². The van der Waals surface area contributed by atoms with Crippen LogP contribution in [0.15, 0.2) is 291 Å². The summed E-state index contributed by atoms with van der Waals surface area (Å²) < 4.78 is 0. The Morgan fingerprint density at radius 3 is 1.16 bits per heavy atom. The van der Waals surface area contributed by atoms with Gasteiger partial charge in [-0.3, -0.25) is 0 Å². The maximum atomic E-state index is 3.38. The molecule has 17 rings (SSSR count). The van der Waals surface area contributed by atoms with Gasteiger partial charge < -0.3 is 9.80 Å². The summed E-state index contributed by atoms with van der Waals surface area (Å²) in [6, 6.07) is 116. The van der Waals surface area contributed by atoms with Crippen molar-refractivity contribution in [3.63, 3.8) is 0 Å². The summed E-state index contributed by atoms with van der Waals surface area (Å²) in [6.45, 7) is 9.61. The summed E-state index contributed by atoms with van der Waals surface area (Å²) in [6.07, 6.45) is 0. The Balaban J connectivity index is 0.949. The quantitative estimate of drug-likeness (QED) is 0.142. The third-order valence-electron chi connectivity index (χ3n) is 19.7. The van der Waals surface area contributed by atoms with Gasteiger partial charge in [0.25, 0.3) is 0 Å². The van der Waals surface area contributed by atoms with Crippen molar-refractivity contribution in [2.24, 2.45) is 0 Å². The molecule has 0 unspecified atom stereocenters. The lowest BCUT2D eigenvalue weighted by molar-refractivity contribution is 0.660. The Morgan fingerprint density at radius 1 is 0.264 bits per heavy atom. The normalized spacial score (nSPS) is 14.2. The second kappa shape index (κ2) is 19.1. The average molecular weight is 1110 g/mol. The van der Waals surface area contributed by atoms with Gasteiger partial charge in [-0.15, -0.1) is 0 Å². The van der Waals surface area contributed by atoms with Crippen molar-refractivity contribution < 1.29 is 0 Å². The van der Waals surface area contributed by atoms with Crippen molar-refractivity contribution in [1.82, 2.24) is 0 Å². The lowest BCUT2D eigenvalue weighted by Gasteiger charge is -2.35.